The van der Waals surface area contributed by atoms with Crippen LogP contribution < -0.4 is 10.6 Å². The van der Waals surface area contributed by atoms with Gasteiger partial charge in [-0.2, -0.15) is 0 Å². The molecule has 7 nitrogen and oxygen atoms in total. The van der Waals surface area contributed by atoms with Gasteiger partial charge in [-0.15, -0.1) is 4.91 Å². The predicted molar refractivity (Wildman–Crippen MR) is 97.2 cm³/mol. The average Bonchev–Trinajstić information content (AvgIpc) is 2.96. The van der Waals surface area contributed by atoms with Crippen molar-refractivity contribution in [2.75, 3.05) is 17.2 Å². The summed E-state index contributed by atoms with van der Waals surface area (Å²) in [5.74, 6) is 0.452. The number of nitrogens with one attached hydrogen (secondary N) is 2. The van der Waals surface area contributed by atoms with Gasteiger partial charge in [-0.25, -0.2) is 15.0 Å². The van der Waals surface area contributed by atoms with Crippen molar-refractivity contribution in [3.05, 3.63) is 47.1 Å². The van der Waals surface area contributed by atoms with Crippen LogP contribution in [0.25, 0.3) is 10.6 Å². The van der Waals surface area contributed by atoms with E-state index < -0.39 is 0 Å². The van der Waals surface area contributed by atoms with Gasteiger partial charge in [0.1, 0.15) is 5.69 Å². The third kappa shape index (κ3) is 3.54. The minimum Gasteiger partial charge on any atom is -0.362 e. The Bertz CT molecular complexity index is 863. The van der Waals surface area contributed by atoms with Crippen molar-refractivity contribution in [2.24, 2.45) is 5.18 Å². The molecule has 0 aliphatic heterocycles. The Morgan fingerprint density at radius 3 is 2.92 bits per heavy atom. The Balaban J connectivity index is 1.87. The van der Waals surface area contributed by atoms with E-state index in [4.69, 9.17) is 0 Å². The number of nitrogens with zero attached hydrogens (tertiary/aromatic N) is 4. The fourth-order valence-electron chi connectivity index (χ4n) is 2.18. The molecule has 24 heavy (non-hydrogen) atoms. The lowest BCUT2D eigenvalue weighted by Gasteiger charge is -2.06. The first-order chi connectivity index (χ1) is 11.7. The zero-order valence-electron chi connectivity index (χ0n) is 13.3. The summed E-state index contributed by atoms with van der Waals surface area (Å²) in [5, 5.41) is 10.1. The first-order valence-corrected chi connectivity index (χ1v) is 8.26. The summed E-state index contributed by atoms with van der Waals surface area (Å²) in [6, 6.07) is 8.71. The summed E-state index contributed by atoms with van der Waals surface area (Å²) >= 11 is 1.56. The number of thiazole rings is 1. The minimum absolute atomic E-state index is 0.352. The Morgan fingerprint density at radius 2 is 2.12 bits per heavy atom. The first kappa shape index (κ1) is 16.0. The topological polar surface area (TPSA) is 92.2 Å². The normalized spacial score (nSPS) is 10.4. The molecule has 2 aromatic heterocycles. The van der Waals surface area contributed by atoms with Crippen molar-refractivity contribution in [1.82, 2.24) is 15.0 Å². The van der Waals surface area contributed by atoms with Crippen molar-refractivity contribution in [3.8, 4) is 10.6 Å². The van der Waals surface area contributed by atoms with E-state index in [0.717, 1.165) is 27.9 Å². The highest BCUT2D eigenvalue weighted by atomic mass is 32.1. The van der Waals surface area contributed by atoms with Crippen LogP contribution in [0, 0.1) is 11.8 Å². The Kier molecular flexibility index (Phi) is 4.76. The van der Waals surface area contributed by atoms with Crippen LogP contribution in [0.15, 0.2) is 41.7 Å². The summed E-state index contributed by atoms with van der Waals surface area (Å²) in [5.41, 5.74) is 2.78. The highest BCUT2D eigenvalue weighted by Gasteiger charge is 2.11. The minimum atomic E-state index is 0.352. The molecule has 0 amide bonds. The van der Waals surface area contributed by atoms with Crippen LogP contribution in [-0.4, -0.2) is 21.5 Å². The SMILES string of the molecule is CCNc1nc(C)c(-c2ccnc(Nc3cccc(N=O)c3)n2)s1. The van der Waals surface area contributed by atoms with Crippen LogP contribution in [0.2, 0.25) is 0 Å². The number of hydrogen-bond donors (Lipinski definition) is 2. The third-order valence-electron chi connectivity index (χ3n) is 3.22. The molecule has 1 aromatic carbocycles. The summed E-state index contributed by atoms with van der Waals surface area (Å²) in [4.78, 5) is 24.9. The first-order valence-electron chi connectivity index (χ1n) is 7.44. The van der Waals surface area contributed by atoms with Crippen LogP contribution >= 0.6 is 11.3 Å². The van der Waals surface area contributed by atoms with Crippen molar-refractivity contribution in [3.63, 3.8) is 0 Å². The Hall–Kier alpha value is -2.87. The molecule has 3 aromatic rings. The van der Waals surface area contributed by atoms with E-state index in [9.17, 15) is 4.91 Å². The van der Waals surface area contributed by atoms with Gasteiger partial charge in [0.15, 0.2) is 5.13 Å². The molecule has 0 atom stereocenters. The van der Waals surface area contributed by atoms with Crippen molar-refractivity contribution in [2.45, 2.75) is 13.8 Å². The van der Waals surface area contributed by atoms with Gasteiger partial charge in [0, 0.05) is 18.4 Å². The lowest BCUT2D eigenvalue weighted by atomic mass is 10.3. The second-order valence-corrected chi connectivity index (χ2v) is 6.00. The molecule has 0 spiro atoms. The lowest BCUT2D eigenvalue weighted by molar-refractivity contribution is 1.15. The number of aryl methyl sites for hydroxylation is 1. The molecule has 0 saturated heterocycles. The maximum Gasteiger partial charge on any atom is 0.227 e. The van der Waals surface area contributed by atoms with Crippen LogP contribution in [0.1, 0.15) is 12.6 Å². The molecule has 0 radical (unpaired) electrons. The maximum atomic E-state index is 10.6. The smallest absolute Gasteiger partial charge is 0.227 e. The molecule has 0 bridgehead atoms. The largest absolute Gasteiger partial charge is 0.362 e. The maximum absolute atomic E-state index is 10.6. The van der Waals surface area contributed by atoms with E-state index in [1.165, 1.54) is 0 Å². The molecule has 122 valence electrons. The van der Waals surface area contributed by atoms with Gasteiger partial charge in [0.05, 0.1) is 16.3 Å². The fourth-order valence-corrected chi connectivity index (χ4v) is 3.18. The highest BCUT2D eigenvalue weighted by Crippen LogP contribution is 2.32. The van der Waals surface area contributed by atoms with Gasteiger partial charge in [0.2, 0.25) is 5.95 Å². The fraction of sp³-hybridized carbons (Fsp3) is 0.188. The van der Waals surface area contributed by atoms with Crippen molar-refractivity contribution >= 4 is 33.8 Å². The van der Waals surface area contributed by atoms with Gasteiger partial charge in [0.25, 0.3) is 0 Å². The number of nitroso groups, excluding NO2 is 1. The molecule has 8 heteroatoms. The third-order valence-corrected chi connectivity index (χ3v) is 4.36. The van der Waals surface area contributed by atoms with Gasteiger partial charge in [-0.05, 0) is 43.3 Å². The van der Waals surface area contributed by atoms with E-state index in [2.05, 4.69) is 30.8 Å². The zero-order chi connectivity index (χ0) is 16.9. The van der Waals surface area contributed by atoms with E-state index in [0.29, 0.717) is 17.3 Å². The lowest BCUT2D eigenvalue weighted by Crippen LogP contribution is -1.97. The monoisotopic (exact) mass is 340 g/mol. The van der Waals surface area contributed by atoms with E-state index >= 15 is 0 Å². The van der Waals surface area contributed by atoms with Crippen molar-refractivity contribution < 1.29 is 0 Å². The molecular weight excluding hydrogens is 324 g/mol. The van der Waals surface area contributed by atoms with E-state index in [1.54, 1.807) is 35.7 Å². The van der Waals surface area contributed by atoms with Crippen LogP contribution in [0.3, 0.4) is 0 Å². The van der Waals surface area contributed by atoms with Gasteiger partial charge < -0.3 is 10.6 Å². The number of rotatable bonds is 6. The summed E-state index contributed by atoms with van der Waals surface area (Å²) < 4.78 is 0. The molecule has 2 heterocycles. The molecule has 0 aliphatic rings. The second-order valence-electron chi connectivity index (χ2n) is 5.00. The molecule has 2 N–H and O–H groups in total. The Morgan fingerprint density at radius 1 is 1.25 bits per heavy atom. The van der Waals surface area contributed by atoms with Gasteiger partial charge in [-0.3, -0.25) is 0 Å². The van der Waals surface area contributed by atoms with E-state index in [-0.39, 0.29) is 0 Å². The van der Waals surface area contributed by atoms with Gasteiger partial charge >= 0.3 is 0 Å². The molecule has 0 aliphatic carbocycles. The summed E-state index contributed by atoms with van der Waals surface area (Å²) in [6.45, 7) is 4.82. The molecule has 0 saturated carbocycles. The standard InChI is InChI=1S/C16H16N6OS/c1-3-17-16-19-10(2)14(24-16)13-7-8-18-15(21-13)20-11-5-4-6-12(9-11)22-23/h4-9H,3H2,1-2H3,(H,17,19)(H,18,20,21). The molecule has 3 rings (SSSR count). The molecule has 0 unspecified atom stereocenters. The highest BCUT2D eigenvalue weighted by molar-refractivity contribution is 7.19. The van der Waals surface area contributed by atoms with Crippen molar-refractivity contribution in [1.29, 1.82) is 0 Å². The number of hydrogen-bond acceptors (Lipinski definition) is 8. The van der Waals surface area contributed by atoms with Crippen LogP contribution in [-0.2, 0) is 0 Å². The summed E-state index contributed by atoms with van der Waals surface area (Å²) in [7, 11) is 0. The average molecular weight is 340 g/mol. The summed E-state index contributed by atoms with van der Waals surface area (Å²) in [6.07, 6.45) is 1.69. The second kappa shape index (κ2) is 7.14. The predicted octanol–water partition coefficient (Wildman–Crippen LogP) is 4.48. The quantitative estimate of drug-likeness (QED) is 0.643. The van der Waals surface area contributed by atoms with E-state index in [1.807, 2.05) is 26.0 Å². The van der Waals surface area contributed by atoms with Crippen LogP contribution in [0.4, 0.5) is 22.5 Å². The number of aromatic nitrogens is 3. The Labute approximate surface area is 143 Å². The number of anilines is 3. The zero-order valence-corrected chi connectivity index (χ0v) is 14.1. The van der Waals surface area contributed by atoms with Crippen LogP contribution in [0.5, 0.6) is 0 Å². The molecule has 0 fully saturated rings. The molecular formula is C16H16N6OS. The van der Waals surface area contributed by atoms with Gasteiger partial charge in [-0.1, -0.05) is 17.4 Å². The number of benzene rings is 1.